The molecule has 1 N–H and O–H groups in total. The molecule has 0 atom stereocenters. The van der Waals surface area contributed by atoms with Crippen molar-refractivity contribution in [2.45, 2.75) is 11.4 Å². The highest BCUT2D eigenvalue weighted by Crippen LogP contribution is 2.25. The number of hydrogen-bond acceptors (Lipinski definition) is 5. The molecule has 1 aromatic carbocycles. The first-order valence-electron chi connectivity index (χ1n) is 7.12. The first kappa shape index (κ1) is 15.9. The highest BCUT2D eigenvalue weighted by Gasteiger charge is 2.23. The SMILES string of the molecule is CSc1ccsc1C(=O)NCc1cccc(N2CCOC2=O)c1. The van der Waals surface area contributed by atoms with Gasteiger partial charge in [-0.25, -0.2) is 4.79 Å². The van der Waals surface area contributed by atoms with Crippen molar-refractivity contribution in [1.29, 1.82) is 0 Å². The lowest BCUT2D eigenvalue weighted by atomic mass is 10.2. The van der Waals surface area contributed by atoms with Gasteiger partial charge in [-0.2, -0.15) is 0 Å². The molecule has 1 aliphatic rings. The Hall–Kier alpha value is -1.99. The monoisotopic (exact) mass is 348 g/mol. The number of amides is 2. The van der Waals surface area contributed by atoms with E-state index in [0.29, 0.717) is 19.7 Å². The molecule has 0 bridgehead atoms. The summed E-state index contributed by atoms with van der Waals surface area (Å²) >= 11 is 3.00. The Balaban J connectivity index is 1.67. The van der Waals surface area contributed by atoms with E-state index in [2.05, 4.69) is 5.32 Å². The van der Waals surface area contributed by atoms with Gasteiger partial charge in [0.05, 0.1) is 6.54 Å². The van der Waals surface area contributed by atoms with Gasteiger partial charge in [-0.1, -0.05) is 12.1 Å². The number of thiophene rings is 1. The number of anilines is 1. The lowest BCUT2D eigenvalue weighted by Gasteiger charge is -2.14. The molecule has 120 valence electrons. The molecule has 3 rings (SSSR count). The zero-order valence-corrected chi connectivity index (χ0v) is 14.2. The Morgan fingerprint density at radius 2 is 2.30 bits per heavy atom. The standard InChI is InChI=1S/C16H16N2O3S2/c1-22-13-5-8-23-14(13)15(19)17-10-11-3-2-4-12(9-11)18-6-7-21-16(18)20/h2-5,8-9H,6-7,10H2,1H3,(H,17,19). The normalized spacial score (nSPS) is 14.0. The van der Waals surface area contributed by atoms with Gasteiger partial charge in [0, 0.05) is 17.1 Å². The van der Waals surface area contributed by atoms with E-state index in [-0.39, 0.29) is 12.0 Å². The lowest BCUT2D eigenvalue weighted by molar-refractivity contribution is 0.0952. The van der Waals surface area contributed by atoms with Crippen molar-refractivity contribution in [3.05, 3.63) is 46.2 Å². The Kier molecular flexibility index (Phi) is 4.88. The maximum absolute atomic E-state index is 12.3. The molecule has 23 heavy (non-hydrogen) atoms. The summed E-state index contributed by atoms with van der Waals surface area (Å²) in [7, 11) is 0. The van der Waals surface area contributed by atoms with Crippen LogP contribution in [0.1, 0.15) is 15.2 Å². The molecular weight excluding hydrogens is 332 g/mol. The van der Waals surface area contributed by atoms with Gasteiger partial charge in [-0.3, -0.25) is 9.69 Å². The number of thioether (sulfide) groups is 1. The average molecular weight is 348 g/mol. The van der Waals surface area contributed by atoms with E-state index in [1.54, 1.807) is 16.7 Å². The molecule has 2 amide bonds. The summed E-state index contributed by atoms with van der Waals surface area (Å²) in [6.07, 6.45) is 1.63. The largest absolute Gasteiger partial charge is 0.447 e. The van der Waals surface area contributed by atoms with E-state index < -0.39 is 0 Å². The van der Waals surface area contributed by atoms with Crippen LogP contribution in [0.2, 0.25) is 0 Å². The first-order chi connectivity index (χ1) is 11.2. The fourth-order valence-electron chi connectivity index (χ4n) is 2.35. The summed E-state index contributed by atoms with van der Waals surface area (Å²) in [4.78, 5) is 27.2. The average Bonchev–Trinajstić information content (AvgIpc) is 3.21. The summed E-state index contributed by atoms with van der Waals surface area (Å²) in [5.41, 5.74) is 1.73. The number of ether oxygens (including phenoxy) is 1. The summed E-state index contributed by atoms with van der Waals surface area (Å²) in [6, 6.07) is 9.51. The molecule has 0 spiro atoms. The summed E-state index contributed by atoms with van der Waals surface area (Å²) in [5.74, 6) is -0.0738. The van der Waals surface area contributed by atoms with Crippen LogP contribution in [0.5, 0.6) is 0 Å². The third kappa shape index (κ3) is 3.51. The summed E-state index contributed by atoms with van der Waals surface area (Å²) in [6.45, 7) is 1.39. The second-order valence-corrected chi connectivity index (χ2v) is 6.70. The number of cyclic esters (lactones) is 1. The highest BCUT2D eigenvalue weighted by molar-refractivity contribution is 7.98. The molecule has 1 aliphatic heterocycles. The lowest BCUT2D eigenvalue weighted by Crippen LogP contribution is -2.24. The van der Waals surface area contributed by atoms with Crippen LogP contribution in [-0.2, 0) is 11.3 Å². The van der Waals surface area contributed by atoms with E-state index in [4.69, 9.17) is 4.74 Å². The smallest absolute Gasteiger partial charge is 0.414 e. The van der Waals surface area contributed by atoms with Crippen molar-refractivity contribution >= 4 is 40.8 Å². The molecular formula is C16H16N2O3S2. The number of nitrogens with zero attached hydrogens (tertiary/aromatic N) is 1. The fourth-order valence-corrected chi connectivity index (χ4v) is 4.01. The molecule has 2 aromatic rings. The minimum Gasteiger partial charge on any atom is -0.447 e. The van der Waals surface area contributed by atoms with Crippen molar-refractivity contribution in [1.82, 2.24) is 5.32 Å². The Morgan fingerprint density at radius 1 is 1.43 bits per heavy atom. The molecule has 1 fully saturated rings. The predicted octanol–water partition coefficient (Wildman–Crippen LogP) is 3.36. The van der Waals surface area contributed by atoms with Crippen LogP contribution < -0.4 is 10.2 Å². The number of benzene rings is 1. The highest BCUT2D eigenvalue weighted by atomic mass is 32.2. The molecule has 0 aliphatic carbocycles. The van der Waals surface area contributed by atoms with Crippen LogP contribution in [0.15, 0.2) is 40.6 Å². The minimum absolute atomic E-state index is 0.0738. The van der Waals surface area contributed by atoms with Crippen LogP contribution in [0.4, 0.5) is 10.5 Å². The molecule has 1 aromatic heterocycles. The second-order valence-electron chi connectivity index (χ2n) is 4.94. The third-order valence-electron chi connectivity index (χ3n) is 3.49. The molecule has 7 heteroatoms. The number of rotatable bonds is 5. The minimum atomic E-state index is -0.325. The van der Waals surface area contributed by atoms with Crippen LogP contribution in [0.3, 0.4) is 0 Å². The number of carbonyl (C=O) groups excluding carboxylic acids is 2. The molecule has 0 radical (unpaired) electrons. The van der Waals surface area contributed by atoms with Crippen molar-refractivity contribution in [3.63, 3.8) is 0 Å². The van der Waals surface area contributed by atoms with Gasteiger partial charge in [0.15, 0.2) is 0 Å². The quantitative estimate of drug-likeness (QED) is 0.842. The molecule has 0 saturated carbocycles. The van der Waals surface area contributed by atoms with Gasteiger partial charge in [0.1, 0.15) is 11.5 Å². The molecule has 2 heterocycles. The Morgan fingerprint density at radius 3 is 3.04 bits per heavy atom. The first-order valence-corrected chi connectivity index (χ1v) is 9.22. The number of hydrogen-bond donors (Lipinski definition) is 1. The van der Waals surface area contributed by atoms with Gasteiger partial charge >= 0.3 is 6.09 Å². The molecule has 1 saturated heterocycles. The number of carbonyl (C=O) groups is 2. The fraction of sp³-hybridized carbons (Fsp3) is 0.250. The predicted molar refractivity (Wildman–Crippen MR) is 92.4 cm³/mol. The van der Waals surface area contributed by atoms with Crippen LogP contribution in [0, 0.1) is 0 Å². The molecule has 0 unspecified atom stereocenters. The zero-order valence-electron chi connectivity index (χ0n) is 12.6. The Labute approximate surface area is 142 Å². The Bertz CT molecular complexity index is 730. The van der Waals surface area contributed by atoms with Crippen molar-refractivity contribution in [3.8, 4) is 0 Å². The van der Waals surface area contributed by atoms with Crippen LogP contribution in [-0.4, -0.2) is 31.4 Å². The maximum Gasteiger partial charge on any atom is 0.414 e. The second kappa shape index (κ2) is 7.06. The maximum atomic E-state index is 12.3. The van der Waals surface area contributed by atoms with Gasteiger partial charge in [0.25, 0.3) is 5.91 Å². The topological polar surface area (TPSA) is 58.6 Å². The van der Waals surface area contributed by atoms with Gasteiger partial charge < -0.3 is 10.1 Å². The van der Waals surface area contributed by atoms with Gasteiger partial charge in [-0.15, -0.1) is 23.1 Å². The van der Waals surface area contributed by atoms with Crippen molar-refractivity contribution < 1.29 is 14.3 Å². The van der Waals surface area contributed by atoms with Crippen molar-refractivity contribution in [2.24, 2.45) is 0 Å². The van der Waals surface area contributed by atoms with E-state index in [1.807, 2.05) is 42.0 Å². The van der Waals surface area contributed by atoms with E-state index >= 15 is 0 Å². The van der Waals surface area contributed by atoms with E-state index in [0.717, 1.165) is 21.0 Å². The molecule has 5 nitrogen and oxygen atoms in total. The van der Waals surface area contributed by atoms with E-state index in [1.165, 1.54) is 11.3 Å². The summed E-state index contributed by atoms with van der Waals surface area (Å²) < 4.78 is 4.95. The third-order valence-corrected chi connectivity index (χ3v) is 5.31. The van der Waals surface area contributed by atoms with Gasteiger partial charge in [-0.05, 0) is 35.4 Å². The number of nitrogens with one attached hydrogen (secondary N) is 1. The van der Waals surface area contributed by atoms with Gasteiger partial charge in [0.2, 0.25) is 0 Å². The van der Waals surface area contributed by atoms with E-state index in [9.17, 15) is 9.59 Å². The van der Waals surface area contributed by atoms with Crippen molar-refractivity contribution in [2.75, 3.05) is 24.3 Å². The van der Waals surface area contributed by atoms with Crippen LogP contribution >= 0.6 is 23.1 Å². The zero-order chi connectivity index (χ0) is 16.2. The van der Waals surface area contributed by atoms with Crippen LogP contribution in [0.25, 0.3) is 0 Å². The summed E-state index contributed by atoms with van der Waals surface area (Å²) in [5, 5.41) is 4.85.